The van der Waals surface area contributed by atoms with Gasteiger partial charge >= 0.3 is 6.09 Å². The second-order valence-electron chi connectivity index (χ2n) is 9.05. The summed E-state index contributed by atoms with van der Waals surface area (Å²) < 4.78 is 5.28. The molecule has 150 valence electrons. The molecule has 0 spiro atoms. The topological polar surface area (TPSA) is 61.9 Å². The predicted molar refractivity (Wildman–Crippen MR) is 103 cm³/mol. The van der Waals surface area contributed by atoms with Crippen LogP contribution < -0.4 is 5.32 Å². The van der Waals surface area contributed by atoms with Crippen LogP contribution in [0, 0.1) is 11.8 Å². The van der Waals surface area contributed by atoms with E-state index in [0.717, 1.165) is 57.8 Å². The van der Waals surface area contributed by atoms with Crippen LogP contribution in [-0.2, 0) is 9.53 Å². The largest absolute Gasteiger partial charge is 0.444 e. The number of hydrogen-bond donors (Lipinski definition) is 1. The zero-order valence-corrected chi connectivity index (χ0v) is 17.2. The van der Waals surface area contributed by atoms with Crippen molar-refractivity contribution in [1.29, 1.82) is 0 Å². The minimum atomic E-state index is -0.463. The number of nitrogens with zero attached hydrogens (tertiary/aromatic N) is 2. The van der Waals surface area contributed by atoms with Crippen molar-refractivity contribution >= 4 is 12.0 Å². The van der Waals surface area contributed by atoms with Gasteiger partial charge < -0.3 is 15.0 Å². The Morgan fingerprint density at radius 3 is 2.19 bits per heavy atom. The van der Waals surface area contributed by atoms with E-state index in [1.54, 1.807) is 0 Å². The van der Waals surface area contributed by atoms with E-state index >= 15 is 0 Å². The van der Waals surface area contributed by atoms with E-state index < -0.39 is 5.60 Å². The molecule has 0 aromatic rings. The number of ether oxygens (including phenoxy) is 1. The quantitative estimate of drug-likeness (QED) is 0.830. The van der Waals surface area contributed by atoms with Crippen molar-refractivity contribution in [2.24, 2.45) is 11.8 Å². The van der Waals surface area contributed by atoms with Crippen molar-refractivity contribution in [1.82, 2.24) is 15.1 Å². The molecule has 2 aliphatic rings. The molecule has 2 aliphatic heterocycles. The normalized spacial score (nSPS) is 22.1. The van der Waals surface area contributed by atoms with E-state index in [4.69, 9.17) is 4.74 Å². The number of nitrogens with one attached hydrogen (secondary N) is 1. The van der Waals surface area contributed by atoms with Gasteiger partial charge in [-0.3, -0.25) is 9.69 Å². The number of likely N-dealkylation sites (tertiary alicyclic amines) is 2. The third-order valence-corrected chi connectivity index (χ3v) is 5.58. The SMILES string of the molecule is CC1CCN(C(=O)C(C)N2CCC(CNC(=O)OC(C)(C)C)CC2)CC1. The van der Waals surface area contributed by atoms with Gasteiger partial charge in [-0.05, 0) is 78.3 Å². The lowest BCUT2D eigenvalue weighted by Gasteiger charge is -2.39. The van der Waals surface area contributed by atoms with Crippen LogP contribution in [0.25, 0.3) is 0 Å². The Labute approximate surface area is 158 Å². The molecule has 0 saturated carbocycles. The number of alkyl carbamates (subject to hydrolysis) is 1. The van der Waals surface area contributed by atoms with E-state index in [1.165, 1.54) is 0 Å². The standard InChI is InChI=1S/C20H37N3O3/c1-15-6-10-23(11-7-15)18(24)16(2)22-12-8-17(9-13-22)14-21-19(25)26-20(3,4)5/h15-17H,6-14H2,1-5H3,(H,21,25). The number of carbonyl (C=O) groups is 2. The van der Waals surface area contributed by atoms with Crippen LogP contribution in [0.1, 0.15) is 60.3 Å². The highest BCUT2D eigenvalue weighted by molar-refractivity contribution is 5.81. The van der Waals surface area contributed by atoms with Crippen LogP contribution >= 0.6 is 0 Å². The maximum absolute atomic E-state index is 12.7. The van der Waals surface area contributed by atoms with Gasteiger partial charge in [-0.1, -0.05) is 6.92 Å². The zero-order chi connectivity index (χ0) is 19.3. The summed E-state index contributed by atoms with van der Waals surface area (Å²) in [5, 5.41) is 2.88. The molecule has 1 unspecified atom stereocenters. The fourth-order valence-electron chi connectivity index (χ4n) is 3.74. The first-order valence-electron chi connectivity index (χ1n) is 10.2. The summed E-state index contributed by atoms with van der Waals surface area (Å²) >= 11 is 0. The van der Waals surface area contributed by atoms with E-state index in [2.05, 4.69) is 17.1 Å². The first-order valence-corrected chi connectivity index (χ1v) is 10.2. The molecule has 0 radical (unpaired) electrons. The average molecular weight is 368 g/mol. The summed E-state index contributed by atoms with van der Waals surface area (Å²) in [6, 6.07) is -0.0387. The number of hydrogen-bond acceptors (Lipinski definition) is 4. The van der Waals surface area contributed by atoms with Crippen molar-refractivity contribution in [3.8, 4) is 0 Å². The summed E-state index contributed by atoms with van der Waals surface area (Å²) in [4.78, 5) is 28.8. The van der Waals surface area contributed by atoms with Crippen molar-refractivity contribution in [2.45, 2.75) is 71.9 Å². The van der Waals surface area contributed by atoms with Gasteiger partial charge in [0.05, 0.1) is 6.04 Å². The Morgan fingerprint density at radius 1 is 1.08 bits per heavy atom. The Kier molecular flexibility index (Phi) is 7.33. The Morgan fingerprint density at radius 2 is 1.65 bits per heavy atom. The van der Waals surface area contributed by atoms with E-state index in [0.29, 0.717) is 12.5 Å². The van der Waals surface area contributed by atoms with Gasteiger partial charge in [0, 0.05) is 19.6 Å². The first-order chi connectivity index (χ1) is 12.2. The molecule has 2 fully saturated rings. The second kappa shape index (κ2) is 9.07. The average Bonchev–Trinajstić information content (AvgIpc) is 2.58. The van der Waals surface area contributed by atoms with E-state index in [1.807, 2.05) is 32.6 Å². The van der Waals surface area contributed by atoms with E-state index in [9.17, 15) is 9.59 Å². The van der Waals surface area contributed by atoms with Gasteiger partial charge in [-0.2, -0.15) is 0 Å². The lowest BCUT2D eigenvalue weighted by molar-refractivity contribution is -0.138. The van der Waals surface area contributed by atoms with Gasteiger partial charge in [-0.15, -0.1) is 0 Å². The lowest BCUT2D eigenvalue weighted by Crippen LogP contribution is -2.52. The summed E-state index contributed by atoms with van der Waals surface area (Å²) in [5.41, 5.74) is -0.463. The Hall–Kier alpha value is -1.30. The van der Waals surface area contributed by atoms with Crippen molar-refractivity contribution in [2.75, 3.05) is 32.7 Å². The molecule has 0 aliphatic carbocycles. The first kappa shape index (κ1) is 21.0. The Balaban J connectivity index is 1.70. The van der Waals surface area contributed by atoms with Crippen LogP contribution in [0.4, 0.5) is 4.79 Å². The molecule has 6 nitrogen and oxygen atoms in total. The lowest BCUT2D eigenvalue weighted by atomic mass is 9.95. The molecule has 2 amide bonds. The third kappa shape index (κ3) is 6.45. The van der Waals surface area contributed by atoms with Crippen molar-refractivity contribution in [3.05, 3.63) is 0 Å². The monoisotopic (exact) mass is 367 g/mol. The highest BCUT2D eigenvalue weighted by atomic mass is 16.6. The van der Waals surface area contributed by atoms with Gasteiger partial charge in [-0.25, -0.2) is 4.79 Å². The number of rotatable bonds is 4. The van der Waals surface area contributed by atoms with Gasteiger partial charge in [0.15, 0.2) is 0 Å². The molecule has 2 heterocycles. The maximum Gasteiger partial charge on any atom is 0.407 e. The van der Waals surface area contributed by atoms with Gasteiger partial charge in [0.1, 0.15) is 5.60 Å². The summed E-state index contributed by atoms with van der Waals surface area (Å²) in [6.45, 7) is 14.2. The predicted octanol–water partition coefficient (Wildman–Crippen LogP) is 2.87. The summed E-state index contributed by atoms with van der Waals surface area (Å²) in [6.07, 6.45) is 3.91. The fraction of sp³-hybridized carbons (Fsp3) is 0.900. The molecule has 2 rings (SSSR count). The van der Waals surface area contributed by atoms with Gasteiger partial charge in [0.25, 0.3) is 0 Å². The number of piperidine rings is 2. The second-order valence-corrected chi connectivity index (χ2v) is 9.05. The van der Waals surface area contributed by atoms with Crippen LogP contribution in [-0.4, -0.2) is 66.2 Å². The Bertz CT molecular complexity index is 473. The highest BCUT2D eigenvalue weighted by Crippen LogP contribution is 2.22. The fourth-order valence-corrected chi connectivity index (χ4v) is 3.74. The summed E-state index contributed by atoms with van der Waals surface area (Å²) in [7, 11) is 0. The molecule has 26 heavy (non-hydrogen) atoms. The molecule has 6 heteroatoms. The molecular formula is C20H37N3O3. The summed E-state index contributed by atoms with van der Waals surface area (Å²) in [5.74, 6) is 1.47. The molecule has 2 saturated heterocycles. The molecule has 0 bridgehead atoms. The minimum absolute atomic E-state index is 0.0387. The van der Waals surface area contributed by atoms with Crippen molar-refractivity contribution < 1.29 is 14.3 Å². The maximum atomic E-state index is 12.7. The third-order valence-electron chi connectivity index (χ3n) is 5.58. The number of carbonyl (C=O) groups excluding carboxylic acids is 2. The van der Waals surface area contributed by atoms with Crippen LogP contribution in [0.15, 0.2) is 0 Å². The molecule has 0 aromatic heterocycles. The highest BCUT2D eigenvalue weighted by Gasteiger charge is 2.31. The molecule has 1 N–H and O–H groups in total. The number of amides is 2. The van der Waals surface area contributed by atoms with Crippen molar-refractivity contribution in [3.63, 3.8) is 0 Å². The smallest absolute Gasteiger partial charge is 0.407 e. The van der Waals surface area contributed by atoms with Crippen LogP contribution in [0.5, 0.6) is 0 Å². The zero-order valence-electron chi connectivity index (χ0n) is 17.2. The molecular weight excluding hydrogens is 330 g/mol. The van der Waals surface area contributed by atoms with Crippen LogP contribution in [0.3, 0.4) is 0 Å². The van der Waals surface area contributed by atoms with E-state index in [-0.39, 0.29) is 18.0 Å². The van der Waals surface area contributed by atoms with Crippen LogP contribution in [0.2, 0.25) is 0 Å². The van der Waals surface area contributed by atoms with Gasteiger partial charge in [0.2, 0.25) is 5.91 Å². The molecule has 1 atom stereocenters. The minimum Gasteiger partial charge on any atom is -0.444 e. The molecule has 0 aromatic carbocycles.